The van der Waals surface area contributed by atoms with Gasteiger partial charge in [-0.3, -0.25) is 0 Å². The van der Waals surface area contributed by atoms with Gasteiger partial charge in [-0.05, 0) is 0 Å². The van der Waals surface area contributed by atoms with Gasteiger partial charge in [-0.1, -0.05) is 7.43 Å². The molecule has 0 aromatic heterocycles. The van der Waals surface area contributed by atoms with Crippen LogP contribution in [0.4, 0.5) is 0 Å². The van der Waals surface area contributed by atoms with Gasteiger partial charge in [0.15, 0.2) is 0 Å². The first-order valence-electron chi connectivity index (χ1n) is 0. The molecule has 1 atom stereocenters. The van der Waals surface area contributed by atoms with Crippen LogP contribution in [0.15, 0.2) is 0 Å². The molecule has 0 fully saturated rings. The molecule has 0 aliphatic heterocycles. The lowest BCUT2D eigenvalue weighted by atomic mass is 10.8. The van der Waals surface area contributed by atoms with Gasteiger partial charge < -0.3 is 0 Å². The molecule has 0 rings (SSSR count). The normalized spacial score (nSPS) is 0. The van der Waals surface area contributed by atoms with E-state index in [1.165, 1.54) is 0 Å². The molecule has 3 radical (unpaired) electrons. The maximum Gasteiger partial charge on any atom is 0 e. The largest absolute Gasteiger partial charge is 0.197 e. The van der Waals surface area contributed by atoms with E-state index in [4.69, 9.17) is 0 Å². The van der Waals surface area contributed by atoms with Crippen molar-refractivity contribution in [2.45, 2.75) is 7.43 Å². The molecule has 0 saturated carbocycles. The predicted molar refractivity (Wildman–Crippen MR) is 34.0 cm³/mol. The first-order valence-corrected chi connectivity index (χ1v) is 0. The maximum absolute atomic E-state index is 0. The Morgan fingerprint density at radius 1 is 1.00 bits per heavy atom. The molecule has 0 amide bonds. The summed E-state index contributed by atoms with van der Waals surface area (Å²) in [7, 11) is 0. The van der Waals surface area contributed by atoms with Crippen LogP contribution in [0.25, 0.3) is 0 Å². The van der Waals surface area contributed by atoms with Gasteiger partial charge in [-0.2, -0.15) is 23.4 Å². The van der Waals surface area contributed by atoms with Crippen LogP contribution in [-0.2, 0) is 0 Å². The zero-order valence-electron chi connectivity index (χ0n) is 1.78. The van der Waals surface area contributed by atoms with Crippen LogP contribution in [0.1, 0.15) is 7.43 Å². The Kier molecular flexibility index (Phi) is 1090. The molecule has 0 saturated heterocycles. The Hall–Kier alpha value is 0.845. The first kappa shape index (κ1) is 100. The van der Waals surface area contributed by atoms with Crippen molar-refractivity contribution in [2.24, 2.45) is 0 Å². The predicted octanol–water partition coefficient (Wildman–Crippen LogP) is 0.426. The van der Waals surface area contributed by atoms with Gasteiger partial charge in [0.2, 0.25) is 0 Å². The highest BCUT2D eigenvalue weighted by molar-refractivity contribution is 7.59. The second-order valence-electron chi connectivity index (χ2n) is 0. The number of rotatable bonds is 0. The Balaban J connectivity index is 0. The molecule has 0 aromatic carbocycles. The molecule has 1 unspecified atom stereocenters. The highest BCUT2D eigenvalue weighted by Crippen LogP contribution is 0.861. The SMILES string of the molecule is C.P.S.[B]. The Morgan fingerprint density at radius 3 is 1.00 bits per heavy atom. The molecule has 0 aliphatic rings. The summed E-state index contributed by atoms with van der Waals surface area (Å²) in [5.41, 5.74) is 0. The average Bonchev–Trinajstić information content (AvgIpc) is 0. The monoisotopic (exact) mass is 95.0 g/mol. The number of hydrogen-bond donors (Lipinski definition) is 0. The summed E-state index contributed by atoms with van der Waals surface area (Å²) in [6, 6.07) is 0. The fraction of sp³-hybridized carbons (Fsp3) is 1.00. The quantitative estimate of drug-likeness (QED) is 0.302. The minimum Gasteiger partial charge on any atom is -0.197 e. The van der Waals surface area contributed by atoms with E-state index in [0.29, 0.717) is 0 Å². The molecule has 0 nitrogen and oxygen atoms in total. The van der Waals surface area contributed by atoms with Crippen LogP contribution in [0.5, 0.6) is 0 Å². The van der Waals surface area contributed by atoms with Crippen molar-refractivity contribution in [2.75, 3.05) is 0 Å². The van der Waals surface area contributed by atoms with E-state index in [9.17, 15) is 0 Å². The van der Waals surface area contributed by atoms with Gasteiger partial charge in [0.1, 0.15) is 0 Å². The fourth-order valence-electron chi connectivity index (χ4n) is 0. The van der Waals surface area contributed by atoms with Crippen LogP contribution in [0.2, 0.25) is 0 Å². The average molecular weight is 94.9 g/mol. The minimum absolute atomic E-state index is 0. The molecule has 0 N–H and O–H groups in total. The molecular formula is CH9BPS. The van der Waals surface area contributed by atoms with E-state index in [2.05, 4.69) is 0 Å². The number of hydrogen-bond acceptors (Lipinski definition) is 0. The molecule has 0 aromatic rings. The summed E-state index contributed by atoms with van der Waals surface area (Å²) in [6.45, 7) is 0. The van der Waals surface area contributed by atoms with Crippen molar-refractivity contribution in [1.82, 2.24) is 0 Å². The van der Waals surface area contributed by atoms with Crippen LogP contribution in [0, 0.1) is 0 Å². The molecule has 0 bridgehead atoms. The summed E-state index contributed by atoms with van der Waals surface area (Å²) >= 11 is 0. The van der Waals surface area contributed by atoms with E-state index in [0.717, 1.165) is 0 Å². The summed E-state index contributed by atoms with van der Waals surface area (Å²) in [5.74, 6) is 0. The van der Waals surface area contributed by atoms with E-state index >= 15 is 0 Å². The lowest BCUT2D eigenvalue weighted by Gasteiger charge is -0.197. The summed E-state index contributed by atoms with van der Waals surface area (Å²) in [5, 5.41) is 0. The topological polar surface area (TPSA) is 0 Å². The second-order valence-corrected chi connectivity index (χ2v) is 0. The third kappa shape index (κ3) is 13.6. The van der Waals surface area contributed by atoms with Crippen molar-refractivity contribution >= 4 is 31.8 Å². The summed E-state index contributed by atoms with van der Waals surface area (Å²) in [4.78, 5) is 0. The van der Waals surface area contributed by atoms with Crippen molar-refractivity contribution in [3.63, 3.8) is 0 Å². The van der Waals surface area contributed by atoms with Gasteiger partial charge in [-0.15, -0.1) is 0 Å². The Bertz CT molecular complexity index is 8.00. The van der Waals surface area contributed by atoms with E-state index < -0.39 is 0 Å². The van der Waals surface area contributed by atoms with Crippen LogP contribution >= 0.6 is 23.4 Å². The maximum atomic E-state index is 0. The van der Waals surface area contributed by atoms with Gasteiger partial charge >= 0.3 is 0 Å². The van der Waals surface area contributed by atoms with Crippen molar-refractivity contribution < 1.29 is 0 Å². The highest BCUT2D eigenvalue weighted by Gasteiger charge is 0.0000249. The lowest BCUT2D eigenvalue weighted by Crippen LogP contribution is -0.381. The molecule has 0 heterocycles. The third-order valence-electron chi connectivity index (χ3n) is 0. The van der Waals surface area contributed by atoms with Crippen LogP contribution < -0.4 is 0 Å². The van der Waals surface area contributed by atoms with Crippen LogP contribution in [-0.4, -0.2) is 8.41 Å². The van der Waals surface area contributed by atoms with E-state index in [1.54, 1.807) is 0 Å². The van der Waals surface area contributed by atoms with Crippen molar-refractivity contribution in [3.05, 3.63) is 0 Å². The molecule has 0 spiro atoms. The molecular weight excluding hydrogens is 85.9 g/mol. The first-order chi connectivity index (χ1) is 0. The van der Waals surface area contributed by atoms with Gasteiger partial charge in [-0.25, -0.2) is 0 Å². The Morgan fingerprint density at radius 2 is 1.00 bits per heavy atom. The van der Waals surface area contributed by atoms with Gasteiger partial charge in [0, 0.05) is 8.41 Å². The highest BCUT2D eigenvalue weighted by atomic mass is 32.1. The zero-order valence-corrected chi connectivity index (χ0v) is 4.20. The Labute approximate surface area is 40.0 Å². The molecule has 27 valence electrons. The molecule has 3 heteroatoms. The third-order valence-corrected chi connectivity index (χ3v) is 0. The standard InChI is InChI=1S/CH4.B.H3P.H2S/h1H4;;1H3;1H2. The fourth-order valence-corrected chi connectivity index (χ4v) is 0. The smallest absolute Gasteiger partial charge is 0 e. The summed E-state index contributed by atoms with van der Waals surface area (Å²) < 4.78 is 0. The van der Waals surface area contributed by atoms with Gasteiger partial charge in [0.25, 0.3) is 0 Å². The van der Waals surface area contributed by atoms with Crippen LogP contribution in [0.3, 0.4) is 0 Å². The second kappa shape index (κ2) is 43.6. The summed E-state index contributed by atoms with van der Waals surface area (Å²) in [6.07, 6.45) is 0. The van der Waals surface area contributed by atoms with Crippen molar-refractivity contribution in [1.29, 1.82) is 0 Å². The lowest BCUT2D eigenvalue weighted by molar-refractivity contribution is 2.50. The van der Waals surface area contributed by atoms with E-state index in [-0.39, 0.29) is 39.2 Å². The minimum atomic E-state index is 0. The van der Waals surface area contributed by atoms with Crippen molar-refractivity contribution in [3.8, 4) is 0 Å². The van der Waals surface area contributed by atoms with Gasteiger partial charge in [0.05, 0.1) is 0 Å². The molecule has 4 heavy (non-hydrogen) atoms. The zero-order chi connectivity index (χ0) is 0. The molecule has 0 aliphatic carbocycles. The van der Waals surface area contributed by atoms with E-state index in [1.807, 2.05) is 0 Å².